The van der Waals surface area contributed by atoms with Gasteiger partial charge >= 0.3 is 0 Å². The Hall–Kier alpha value is 0. The Kier molecular flexibility index (Phi) is 3.94. The molecule has 0 saturated heterocycles. The first-order valence-electron chi connectivity index (χ1n) is 11.9. The van der Waals surface area contributed by atoms with Gasteiger partial charge in [0.25, 0.3) is 0 Å². The van der Waals surface area contributed by atoms with E-state index < -0.39 is 0 Å². The van der Waals surface area contributed by atoms with E-state index in [1.54, 1.807) is 57.8 Å². The monoisotopic (exact) mass is 342 g/mol. The van der Waals surface area contributed by atoms with Crippen molar-refractivity contribution in [2.24, 2.45) is 58.2 Å². The minimum Gasteiger partial charge on any atom is -0.0622 e. The van der Waals surface area contributed by atoms with Crippen molar-refractivity contribution in [2.45, 2.75) is 98.3 Å². The van der Waals surface area contributed by atoms with Gasteiger partial charge in [-0.2, -0.15) is 0 Å². The molecule has 142 valence electrons. The van der Waals surface area contributed by atoms with Gasteiger partial charge in [-0.15, -0.1) is 0 Å². The van der Waals surface area contributed by atoms with Crippen molar-refractivity contribution in [1.82, 2.24) is 0 Å². The Labute approximate surface area is 156 Å². The van der Waals surface area contributed by atoms with Crippen LogP contribution in [0.1, 0.15) is 98.3 Å². The van der Waals surface area contributed by atoms with Gasteiger partial charge in [0.15, 0.2) is 0 Å². The van der Waals surface area contributed by atoms with Crippen LogP contribution in [0.2, 0.25) is 0 Å². The molecule has 0 aliphatic heterocycles. The molecule has 10 atom stereocenters. The van der Waals surface area contributed by atoms with Crippen LogP contribution in [0.15, 0.2) is 0 Å². The van der Waals surface area contributed by atoms with E-state index in [2.05, 4.69) is 27.7 Å². The molecule has 0 aromatic heterocycles. The minimum atomic E-state index is 0.663. The molecular weight excluding hydrogens is 300 g/mol. The molecule has 5 rings (SSSR count). The summed E-state index contributed by atoms with van der Waals surface area (Å²) in [4.78, 5) is 0. The molecule has 0 nitrogen and oxygen atoms in total. The van der Waals surface area contributed by atoms with Crippen LogP contribution in [0.3, 0.4) is 0 Å². The van der Waals surface area contributed by atoms with Gasteiger partial charge in [0, 0.05) is 0 Å². The largest absolute Gasteiger partial charge is 0.0622 e. The molecule has 0 amide bonds. The van der Waals surface area contributed by atoms with Gasteiger partial charge in [-0.3, -0.25) is 0 Å². The van der Waals surface area contributed by atoms with Crippen molar-refractivity contribution in [2.75, 3.05) is 0 Å². The van der Waals surface area contributed by atoms with E-state index in [1.807, 2.05) is 0 Å². The maximum absolute atomic E-state index is 2.79. The highest BCUT2D eigenvalue weighted by Crippen LogP contribution is 2.70. The van der Waals surface area contributed by atoms with E-state index in [1.165, 1.54) is 12.8 Å². The topological polar surface area (TPSA) is 0 Å². The van der Waals surface area contributed by atoms with Crippen molar-refractivity contribution >= 4 is 0 Å². The molecule has 5 aliphatic carbocycles. The predicted molar refractivity (Wildman–Crippen MR) is 106 cm³/mol. The molecule has 5 fully saturated rings. The lowest BCUT2D eigenvalue weighted by molar-refractivity contribution is -0.180. The number of fused-ring (bicyclic) bond motifs is 7. The minimum absolute atomic E-state index is 0.663. The van der Waals surface area contributed by atoms with Crippen LogP contribution in [0.25, 0.3) is 0 Å². The van der Waals surface area contributed by atoms with Crippen molar-refractivity contribution in [1.29, 1.82) is 0 Å². The SMILES string of the molecule is CC1CCC2(C)C(CCC3(C)C4CCC5CCCC5C4CCC23)C1C. The van der Waals surface area contributed by atoms with E-state index in [0.29, 0.717) is 10.8 Å². The zero-order valence-corrected chi connectivity index (χ0v) is 17.4. The maximum Gasteiger partial charge on any atom is -0.0261 e. The molecule has 0 spiro atoms. The fourth-order valence-corrected chi connectivity index (χ4v) is 9.99. The molecule has 0 heteroatoms. The lowest BCUT2D eigenvalue weighted by Crippen LogP contribution is -2.59. The average Bonchev–Trinajstić information content (AvgIpc) is 3.07. The zero-order valence-electron chi connectivity index (χ0n) is 17.4. The maximum atomic E-state index is 2.79. The highest BCUT2D eigenvalue weighted by Gasteiger charge is 2.62. The van der Waals surface area contributed by atoms with Crippen LogP contribution < -0.4 is 0 Å². The second-order valence-electron chi connectivity index (χ2n) is 11.9. The first kappa shape index (κ1) is 17.1. The second-order valence-corrected chi connectivity index (χ2v) is 11.9. The molecule has 25 heavy (non-hydrogen) atoms. The molecule has 5 aliphatic rings. The van der Waals surface area contributed by atoms with Gasteiger partial charge in [0.05, 0.1) is 0 Å². The predicted octanol–water partition coefficient (Wildman–Crippen LogP) is 7.33. The average molecular weight is 343 g/mol. The molecule has 0 N–H and O–H groups in total. The standard InChI is InChI=1S/C25H42/c1-16-12-14-24(3)21(17(16)2)13-15-25(4)22-10-8-18-6-5-7-19(18)20(22)9-11-23(24)25/h16-23H,5-15H2,1-4H3. The first-order valence-corrected chi connectivity index (χ1v) is 11.9. The summed E-state index contributed by atoms with van der Waals surface area (Å²) in [6.45, 7) is 10.7. The summed E-state index contributed by atoms with van der Waals surface area (Å²) in [6, 6.07) is 0. The van der Waals surface area contributed by atoms with Gasteiger partial charge in [-0.25, -0.2) is 0 Å². The Morgan fingerprint density at radius 3 is 2.24 bits per heavy atom. The fourth-order valence-electron chi connectivity index (χ4n) is 9.99. The van der Waals surface area contributed by atoms with Gasteiger partial charge in [-0.1, -0.05) is 40.5 Å². The lowest BCUT2D eigenvalue weighted by Gasteiger charge is -2.67. The lowest BCUT2D eigenvalue weighted by atomic mass is 9.38. The summed E-state index contributed by atoms with van der Waals surface area (Å²) in [7, 11) is 0. The van der Waals surface area contributed by atoms with Crippen LogP contribution >= 0.6 is 0 Å². The summed E-state index contributed by atoms with van der Waals surface area (Å²) in [5.74, 6) is 8.44. The third-order valence-electron chi connectivity index (χ3n) is 11.4. The summed E-state index contributed by atoms with van der Waals surface area (Å²) >= 11 is 0. The van der Waals surface area contributed by atoms with Crippen molar-refractivity contribution in [3.63, 3.8) is 0 Å². The van der Waals surface area contributed by atoms with Gasteiger partial charge < -0.3 is 0 Å². The summed E-state index contributed by atoms with van der Waals surface area (Å²) in [5.41, 5.74) is 1.35. The van der Waals surface area contributed by atoms with E-state index >= 15 is 0 Å². The Morgan fingerprint density at radius 1 is 0.640 bits per heavy atom. The summed E-state index contributed by atoms with van der Waals surface area (Å²) in [6.07, 6.45) is 17.2. The van der Waals surface area contributed by atoms with Gasteiger partial charge in [-0.05, 0) is 116 Å². The molecule has 0 aromatic rings. The normalized spacial score (nSPS) is 61.0. The number of hydrogen-bond donors (Lipinski definition) is 0. The van der Waals surface area contributed by atoms with Crippen LogP contribution in [0.4, 0.5) is 0 Å². The van der Waals surface area contributed by atoms with Gasteiger partial charge in [0.2, 0.25) is 0 Å². The van der Waals surface area contributed by atoms with E-state index in [0.717, 1.165) is 47.3 Å². The number of rotatable bonds is 0. The third-order valence-corrected chi connectivity index (χ3v) is 11.4. The van der Waals surface area contributed by atoms with Crippen LogP contribution in [-0.4, -0.2) is 0 Å². The molecule has 0 radical (unpaired) electrons. The van der Waals surface area contributed by atoms with Gasteiger partial charge in [0.1, 0.15) is 0 Å². The number of hydrogen-bond acceptors (Lipinski definition) is 0. The van der Waals surface area contributed by atoms with Crippen LogP contribution in [0.5, 0.6) is 0 Å². The highest BCUT2D eigenvalue weighted by atomic mass is 14.7. The second kappa shape index (κ2) is 5.75. The van der Waals surface area contributed by atoms with Crippen molar-refractivity contribution in [3.05, 3.63) is 0 Å². The molecule has 10 unspecified atom stereocenters. The van der Waals surface area contributed by atoms with Crippen LogP contribution in [0, 0.1) is 58.2 Å². The van der Waals surface area contributed by atoms with Crippen molar-refractivity contribution < 1.29 is 0 Å². The summed E-state index contributed by atoms with van der Waals surface area (Å²) < 4.78 is 0. The fraction of sp³-hybridized carbons (Fsp3) is 1.00. The van der Waals surface area contributed by atoms with E-state index in [4.69, 9.17) is 0 Å². The zero-order chi connectivity index (χ0) is 17.4. The van der Waals surface area contributed by atoms with Crippen LogP contribution in [-0.2, 0) is 0 Å². The highest BCUT2D eigenvalue weighted by molar-refractivity contribution is 5.11. The van der Waals surface area contributed by atoms with E-state index in [-0.39, 0.29) is 0 Å². The first-order chi connectivity index (χ1) is 11.9. The molecule has 0 aromatic carbocycles. The quantitative estimate of drug-likeness (QED) is 0.432. The third kappa shape index (κ3) is 2.24. The molecular formula is C25H42. The summed E-state index contributed by atoms with van der Waals surface area (Å²) in [5, 5.41) is 0. The Morgan fingerprint density at radius 2 is 1.40 bits per heavy atom. The molecule has 5 saturated carbocycles. The smallest absolute Gasteiger partial charge is 0.0261 e. The van der Waals surface area contributed by atoms with E-state index in [9.17, 15) is 0 Å². The molecule has 0 heterocycles. The molecule has 0 bridgehead atoms. The van der Waals surface area contributed by atoms with Crippen molar-refractivity contribution in [3.8, 4) is 0 Å². The Balaban J connectivity index is 1.46. The Bertz CT molecular complexity index is 522.